The summed E-state index contributed by atoms with van der Waals surface area (Å²) >= 11 is 0. The number of aromatic nitrogens is 1. The van der Waals surface area contributed by atoms with E-state index in [1.165, 1.54) is 0 Å². The molecule has 3 N–H and O–H groups in total. The van der Waals surface area contributed by atoms with Crippen molar-refractivity contribution in [3.8, 4) is 0 Å². The van der Waals surface area contributed by atoms with Crippen molar-refractivity contribution in [1.29, 1.82) is 0 Å². The van der Waals surface area contributed by atoms with Crippen molar-refractivity contribution in [3.05, 3.63) is 41.6 Å². The van der Waals surface area contributed by atoms with E-state index in [9.17, 15) is 0 Å². The van der Waals surface area contributed by atoms with Gasteiger partial charge < -0.3 is 10.8 Å². The number of hydrogen-bond donors (Lipinski definition) is 2. The van der Waals surface area contributed by atoms with Gasteiger partial charge in [-0.1, -0.05) is 12.1 Å². The highest BCUT2D eigenvalue weighted by Crippen LogP contribution is 2.18. The van der Waals surface area contributed by atoms with Crippen molar-refractivity contribution in [1.82, 2.24) is 4.98 Å². The minimum absolute atomic E-state index is 0.0369. The second-order valence-electron chi connectivity index (χ2n) is 3.69. The van der Waals surface area contributed by atoms with Gasteiger partial charge in [0.2, 0.25) is 0 Å². The monoisotopic (exact) mass is 202 g/mol. The van der Waals surface area contributed by atoms with Crippen molar-refractivity contribution in [2.45, 2.75) is 13.0 Å². The molecule has 1 unspecified atom stereocenters. The van der Waals surface area contributed by atoms with E-state index < -0.39 is 0 Å². The van der Waals surface area contributed by atoms with Crippen LogP contribution < -0.4 is 5.73 Å². The summed E-state index contributed by atoms with van der Waals surface area (Å²) in [6.07, 6.45) is 0. The Labute approximate surface area is 88.6 Å². The van der Waals surface area contributed by atoms with Gasteiger partial charge in [0.25, 0.3) is 0 Å². The SMILES string of the molecule is Cc1ccc2cc(C(N)CO)ccc2n1. The van der Waals surface area contributed by atoms with Crippen LogP contribution in [0.25, 0.3) is 10.9 Å². The lowest BCUT2D eigenvalue weighted by molar-refractivity contribution is 0.268. The summed E-state index contributed by atoms with van der Waals surface area (Å²) in [5, 5.41) is 10.0. The summed E-state index contributed by atoms with van der Waals surface area (Å²) in [5.41, 5.74) is 8.65. The summed E-state index contributed by atoms with van der Waals surface area (Å²) in [6.45, 7) is 1.93. The lowest BCUT2D eigenvalue weighted by atomic mass is 10.1. The van der Waals surface area contributed by atoms with Crippen molar-refractivity contribution in [3.63, 3.8) is 0 Å². The van der Waals surface area contributed by atoms with E-state index in [4.69, 9.17) is 10.8 Å². The third kappa shape index (κ3) is 1.98. The Hall–Kier alpha value is -1.45. The van der Waals surface area contributed by atoms with Crippen LogP contribution in [0.1, 0.15) is 17.3 Å². The van der Waals surface area contributed by atoms with Crippen LogP contribution in [0.2, 0.25) is 0 Å². The molecular weight excluding hydrogens is 188 g/mol. The van der Waals surface area contributed by atoms with Crippen LogP contribution >= 0.6 is 0 Å². The Balaban J connectivity index is 2.52. The first-order valence-electron chi connectivity index (χ1n) is 4.94. The Morgan fingerprint density at radius 2 is 2.13 bits per heavy atom. The first-order valence-corrected chi connectivity index (χ1v) is 4.94. The van der Waals surface area contributed by atoms with Crippen LogP contribution in [0.15, 0.2) is 30.3 Å². The van der Waals surface area contributed by atoms with Crippen LogP contribution in [-0.4, -0.2) is 16.7 Å². The molecule has 0 bridgehead atoms. The number of hydrogen-bond acceptors (Lipinski definition) is 3. The second kappa shape index (κ2) is 3.96. The number of aliphatic hydroxyl groups excluding tert-OH is 1. The second-order valence-corrected chi connectivity index (χ2v) is 3.69. The third-order valence-electron chi connectivity index (χ3n) is 2.48. The standard InChI is InChI=1S/C12H14N2O/c1-8-2-3-10-6-9(11(13)7-15)4-5-12(10)14-8/h2-6,11,15H,7,13H2,1H3. The van der Waals surface area contributed by atoms with E-state index in [1.807, 2.05) is 37.3 Å². The number of aryl methyl sites for hydroxylation is 1. The Morgan fingerprint density at radius 1 is 1.33 bits per heavy atom. The van der Waals surface area contributed by atoms with Crippen molar-refractivity contribution >= 4 is 10.9 Å². The van der Waals surface area contributed by atoms with E-state index in [0.717, 1.165) is 22.2 Å². The molecule has 0 saturated carbocycles. The number of nitrogens with zero attached hydrogens (tertiary/aromatic N) is 1. The zero-order valence-corrected chi connectivity index (χ0v) is 8.64. The van der Waals surface area contributed by atoms with Gasteiger partial charge in [-0.2, -0.15) is 0 Å². The summed E-state index contributed by atoms with van der Waals surface area (Å²) in [6, 6.07) is 9.50. The smallest absolute Gasteiger partial charge is 0.0705 e. The van der Waals surface area contributed by atoms with Gasteiger partial charge in [-0.05, 0) is 30.7 Å². The van der Waals surface area contributed by atoms with Crippen LogP contribution in [0, 0.1) is 6.92 Å². The molecule has 0 amide bonds. The molecule has 0 saturated heterocycles. The van der Waals surface area contributed by atoms with Gasteiger partial charge in [0.15, 0.2) is 0 Å². The van der Waals surface area contributed by atoms with Crippen molar-refractivity contribution in [2.75, 3.05) is 6.61 Å². The molecule has 0 spiro atoms. The number of pyridine rings is 1. The lowest BCUT2D eigenvalue weighted by Crippen LogP contribution is -2.14. The van der Waals surface area contributed by atoms with E-state index in [-0.39, 0.29) is 12.6 Å². The van der Waals surface area contributed by atoms with Crippen molar-refractivity contribution < 1.29 is 5.11 Å². The number of benzene rings is 1. The molecule has 0 aliphatic rings. The quantitative estimate of drug-likeness (QED) is 0.776. The van der Waals surface area contributed by atoms with Gasteiger partial charge >= 0.3 is 0 Å². The lowest BCUT2D eigenvalue weighted by Gasteiger charge is -2.09. The topological polar surface area (TPSA) is 59.1 Å². The summed E-state index contributed by atoms with van der Waals surface area (Å²) in [7, 11) is 0. The molecule has 2 rings (SSSR count). The maximum atomic E-state index is 8.96. The van der Waals surface area contributed by atoms with Gasteiger partial charge in [-0.25, -0.2) is 0 Å². The normalized spacial score (nSPS) is 13.0. The van der Waals surface area contributed by atoms with E-state index >= 15 is 0 Å². The van der Waals surface area contributed by atoms with Gasteiger partial charge in [-0.15, -0.1) is 0 Å². The average molecular weight is 202 g/mol. The zero-order valence-electron chi connectivity index (χ0n) is 8.64. The first kappa shape index (κ1) is 10.1. The first-order chi connectivity index (χ1) is 7.20. The maximum absolute atomic E-state index is 8.96. The molecule has 1 aromatic carbocycles. The molecule has 3 nitrogen and oxygen atoms in total. The number of aliphatic hydroxyl groups is 1. The molecule has 15 heavy (non-hydrogen) atoms. The highest BCUT2D eigenvalue weighted by Gasteiger charge is 2.05. The predicted octanol–water partition coefficient (Wildman–Crippen LogP) is 1.54. The molecular formula is C12H14N2O. The van der Waals surface area contributed by atoms with E-state index in [2.05, 4.69) is 4.98 Å². The molecule has 1 heterocycles. The number of fused-ring (bicyclic) bond motifs is 1. The van der Waals surface area contributed by atoms with Gasteiger partial charge in [0, 0.05) is 11.1 Å². The predicted molar refractivity (Wildman–Crippen MR) is 60.5 cm³/mol. The summed E-state index contributed by atoms with van der Waals surface area (Å²) < 4.78 is 0. The Bertz CT molecular complexity index is 482. The van der Waals surface area contributed by atoms with Crippen LogP contribution in [0.5, 0.6) is 0 Å². The average Bonchev–Trinajstić information content (AvgIpc) is 2.27. The fraction of sp³-hybridized carbons (Fsp3) is 0.250. The summed E-state index contributed by atoms with van der Waals surface area (Å²) in [5.74, 6) is 0. The molecule has 0 aliphatic carbocycles. The number of nitrogens with two attached hydrogens (primary N) is 1. The highest BCUT2D eigenvalue weighted by molar-refractivity contribution is 5.79. The van der Waals surface area contributed by atoms with Crippen LogP contribution in [0.4, 0.5) is 0 Å². The Morgan fingerprint density at radius 3 is 2.87 bits per heavy atom. The largest absolute Gasteiger partial charge is 0.394 e. The zero-order chi connectivity index (χ0) is 10.8. The highest BCUT2D eigenvalue weighted by atomic mass is 16.3. The molecule has 78 valence electrons. The molecule has 1 atom stereocenters. The molecule has 0 aliphatic heterocycles. The molecule has 0 fully saturated rings. The van der Waals surface area contributed by atoms with Gasteiger partial charge in [0.05, 0.1) is 18.2 Å². The fourth-order valence-corrected chi connectivity index (χ4v) is 1.58. The number of rotatable bonds is 2. The molecule has 0 radical (unpaired) electrons. The van der Waals surface area contributed by atoms with Crippen molar-refractivity contribution in [2.24, 2.45) is 5.73 Å². The minimum Gasteiger partial charge on any atom is -0.394 e. The van der Waals surface area contributed by atoms with Gasteiger partial charge in [0.1, 0.15) is 0 Å². The molecule has 1 aromatic heterocycles. The maximum Gasteiger partial charge on any atom is 0.0705 e. The fourth-order valence-electron chi connectivity index (χ4n) is 1.58. The molecule has 3 heteroatoms. The van der Waals surface area contributed by atoms with E-state index in [1.54, 1.807) is 0 Å². The molecule has 2 aromatic rings. The minimum atomic E-state index is -0.310. The Kier molecular flexibility index (Phi) is 2.66. The third-order valence-corrected chi connectivity index (χ3v) is 2.48. The van der Waals surface area contributed by atoms with Crippen LogP contribution in [0.3, 0.4) is 0 Å². The van der Waals surface area contributed by atoms with Gasteiger partial charge in [-0.3, -0.25) is 4.98 Å². The van der Waals surface area contributed by atoms with Crippen LogP contribution in [-0.2, 0) is 0 Å². The van der Waals surface area contributed by atoms with E-state index in [0.29, 0.717) is 0 Å². The summed E-state index contributed by atoms with van der Waals surface area (Å²) in [4.78, 5) is 4.40.